The molecule has 1 heterocycles. The molecular formula is C22H20FN3O2S. The van der Waals surface area contributed by atoms with E-state index in [-0.39, 0.29) is 11.4 Å². The number of imidazole rings is 1. The van der Waals surface area contributed by atoms with Crippen LogP contribution in [0.3, 0.4) is 0 Å². The summed E-state index contributed by atoms with van der Waals surface area (Å²) in [6.07, 6.45) is 0. The highest BCUT2D eigenvalue weighted by atomic mass is 32.2. The number of sulfonamides is 1. The first-order valence-electron chi connectivity index (χ1n) is 9.17. The molecule has 0 fully saturated rings. The lowest BCUT2D eigenvalue weighted by molar-refractivity contribution is 0.576. The molecule has 0 atom stereocenters. The molecule has 29 heavy (non-hydrogen) atoms. The van der Waals surface area contributed by atoms with Crippen LogP contribution >= 0.6 is 0 Å². The number of hydrogen-bond donors (Lipinski definition) is 1. The largest absolute Gasteiger partial charge is 0.322 e. The molecule has 0 unspecified atom stereocenters. The number of fused-ring (bicyclic) bond motifs is 1. The molecule has 4 rings (SSSR count). The lowest BCUT2D eigenvalue weighted by Gasteiger charge is -2.11. The summed E-state index contributed by atoms with van der Waals surface area (Å²) in [7, 11) is -3.78. The van der Waals surface area contributed by atoms with Gasteiger partial charge in [0.05, 0.1) is 22.5 Å². The van der Waals surface area contributed by atoms with Gasteiger partial charge in [0.1, 0.15) is 11.6 Å². The smallest absolute Gasteiger partial charge is 0.240 e. The number of aryl methyl sites for hydroxylation is 1. The molecular weight excluding hydrogens is 389 g/mol. The van der Waals surface area contributed by atoms with Crippen molar-refractivity contribution < 1.29 is 12.8 Å². The maximum absolute atomic E-state index is 13.1. The fourth-order valence-corrected chi connectivity index (χ4v) is 4.15. The molecule has 1 N–H and O–H groups in total. The zero-order valence-corrected chi connectivity index (χ0v) is 16.7. The summed E-state index contributed by atoms with van der Waals surface area (Å²) in [5.41, 5.74) is 4.01. The molecule has 0 aliphatic rings. The number of para-hydroxylation sites is 2. The second-order valence-corrected chi connectivity index (χ2v) is 8.63. The molecule has 0 spiro atoms. The summed E-state index contributed by atoms with van der Waals surface area (Å²) in [4.78, 5) is 4.63. The van der Waals surface area contributed by atoms with Crippen LogP contribution in [-0.4, -0.2) is 18.0 Å². The van der Waals surface area contributed by atoms with E-state index in [1.54, 1.807) is 0 Å². The van der Waals surface area contributed by atoms with Gasteiger partial charge in [-0.05, 0) is 48.9 Å². The van der Waals surface area contributed by atoms with E-state index in [1.807, 2.05) is 47.9 Å². The van der Waals surface area contributed by atoms with E-state index in [1.165, 1.54) is 17.7 Å². The fourth-order valence-electron chi connectivity index (χ4n) is 3.17. The number of halogens is 1. The molecule has 1 aromatic heterocycles. The fraction of sp³-hybridized carbons (Fsp3) is 0.136. The van der Waals surface area contributed by atoms with Gasteiger partial charge in [-0.1, -0.05) is 42.0 Å². The third-order valence-electron chi connectivity index (χ3n) is 4.74. The summed E-state index contributed by atoms with van der Waals surface area (Å²) in [6.45, 7) is 2.64. The predicted molar refractivity (Wildman–Crippen MR) is 110 cm³/mol. The van der Waals surface area contributed by atoms with Gasteiger partial charge in [0, 0.05) is 6.54 Å². The molecule has 7 heteroatoms. The number of rotatable bonds is 6. The lowest BCUT2D eigenvalue weighted by Crippen LogP contribution is -2.25. The summed E-state index contributed by atoms with van der Waals surface area (Å²) in [5, 5.41) is 0. The van der Waals surface area contributed by atoms with E-state index >= 15 is 0 Å². The van der Waals surface area contributed by atoms with Gasteiger partial charge in [-0.15, -0.1) is 0 Å². The Morgan fingerprint density at radius 2 is 1.66 bits per heavy atom. The minimum Gasteiger partial charge on any atom is -0.322 e. The molecule has 0 saturated heterocycles. The Bertz CT molecular complexity index is 1250. The average Bonchev–Trinajstić information content (AvgIpc) is 3.06. The Balaban J connectivity index is 1.64. The number of benzene rings is 3. The minimum atomic E-state index is -3.78. The molecule has 148 valence electrons. The molecule has 5 nitrogen and oxygen atoms in total. The molecule has 0 bridgehead atoms. The third kappa shape index (κ3) is 4.21. The Morgan fingerprint density at radius 3 is 2.38 bits per heavy atom. The van der Waals surface area contributed by atoms with Crippen LogP contribution in [0.4, 0.5) is 4.39 Å². The number of nitrogens with one attached hydrogen (secondary N) is 1. The highest BCUT2D eigenvalue weighted by molar-refractivity contribution is 7.89. The number of hydrogen-bond acceptors (Lipinski definition) is 3. The van der Waals surface area contributed by atoms with Crippen LogP contribution in [0.1, 0.15) is 17.0 Å². The Kier molecular flexibility index (Phi) is 5.17. The molecule has 0 radical (unpaired) electrons. The normalized spacial score (nSPS) is 11.8. The van der Waals surface area contributed by atoms with Gasteiger partial charge in [0.25, 0.3) is 0 Å². The summed E-state index contributed by atoms with van der Waals surface area (Å²) in [5.74, 6) is 0.126. The van der Waals surface area contributed by atoms with Gasteiger partial charge in [-0.3, -0.25) is 0 Å². The standard InChI is InChI=1S/C22H20FN3O2S/c1-16-6-8-17(9-7-16)15-26-21-5-3-2-4-20(21)25-22(26)14-24-29(27,28)19-12-10-18(23)11-13-19/h2-13,24H,14-15H2,1H3. The van der Waals surface area contributed by atoms with Crippen molar-refractivity contribution >= 4 is 21.1 Å². The monoisotopic (exact) mass is 409 g/mol. The van der Waals surface area contributed by atoms with Gasteiger partial charge < -0.3 is 4.57 Å². The highest BCUT2D eigenvalue weighted by Gasteiger charge is 2.17. The molecule has 0 aliphatic heterocycles. The van der Waals surface area contributed by atoms with Crippen molar-refractivity contribution in [2.75, 3.05) is 0 Å². The van der Waals surface area contributed by atoms with Crippen LogP contribution in [0.15, 0.2) is 77.7 Å². The van der Waals surface area contributed by atoms with E-state index < -0.39 is 15.8 Å². The van der Waals surface area contributed by atoms with E-state index in [4.69, 9.17) is 0 Å². The molecule has 0 aliphatic carbocycles. The SMILES string of the molecule is Cc1ccc(Cn2c(CNS(=O)(=O)c3ccc(F)cc3)nc3ccccc32)cc1. The van der Waals surface area contributed by atoms with Crippen molar-refractivity contribution in [2.24, 2.45) is 0 Å². The Morgan fingerprint density at radius 1 is 0.966 bits per heavy atom. The van der Waals surface area contributed by atoms with E-state index in [9.17, 15) is 12.8 Å². The first-order chi connectivity index (χ1) is 13.9. The van der Waals surface area contributed by atoms with Crippen LogP contribution in [0.25, 0.3) is 11.0 Å². The molecule has 0 saturated carbocycles. The minimum absolute atomic E-state index is 0.0140. The van der Waals surface area contributed by atoms with Crippen LogP contribution in [0, 0.1) is 12.7 Å². The van der Waals surface area contributed by atoms with Crippen LogP contribution in [-0.2, 0) is 23.1 Å². The van der Waals surface area contributed by atoms with Crippen molar-refractivity contribution in [1.29, 1.82) is 0 Å². The topological polar surface area (TPSA) is 64.0 Å². The van der Waals surface area contributed by atoms with Gasteiger partial charge in [-0.2, -0.15) is 0 Å². The predicted octanol–water partition coefficient (Wildman–Crippen LogP) is 4.01. The van der Waals surface area contributed by atoms with Crippen LogP contribution in [0.2, 0.25) is 0 Å². The third-order valence-corrected chi connectivity index (χ3v) is 6.16. The lowest BCUT2D eigenvalue weighted by atomic mass is 10.1. The van der Waals surface area contributed by atoms with E-state index in [2.05, 4.69) is 21.8 Å². The van der Waals surface area contributed by atoms with E-state index in [0.717, 1.165) is 28.7 Å². The summed E-state index contributed by atoms with van der Waals surface area (Å²) < 4.78 is 42.8. The second-order valence-electron chi connectivity index (χ2n) is 6.87. The molecule has 4 aromatic rings. The number of aromatic nitrogens is 2. The first kappa shape index (κ1) is 19.3. The van der Waals surface area contributed by atoms with Crippen molar-refractivity contribution in [3.05, 3.63) is 95.6 Å². The quantitative estimate of drug-likeness (QED) is 0.523. The molecule has 0 amide bonds. The Hall–Kier alpha value is -3.03. The van der Waals surface area contributed by atoms with E-state index in [0.29, 0.717) is 12.4 Å². The van der Waals surface area contributed by atoms with Gasteiger partial charge in [0.2, 0.25) is 10.0 Å². The van der Waals surface area contributed by atoms with Gasteiger partial charge in [0.15, 0.2) is 0 Å². The van der Waals surface area contributed by atoms with Crippen LogP contribution in [0.5, 0.6) is 0 Å². The zero-order valence-electron chi connectivity index (χ0n) is 15.8. The van der Waals surface area contributed by atoms with Crippen LogP contribution < -0.4 is 4.72 Å². The van der Waals surface area contributed by atoms with Gasteiger partial charge >= 0.3 is 0 Å². The second kappa shape index (κ2) is 7.77. The first-order valence-corrected chi connectivity index (χ1v) is 10.7. The highest BCUT2D eigenvalue weighted by Crippen LogP contribution is 2.19. The maximum Gasteiger partial charge on any atom is 0.240 e. The summed E-state index contributed by atoms with van der Waals surface area (Å²) in [6, 6.07) is 20.6. The van der Waals surface area contributed by atoms with Crippen molar-refractivity contribution in [3.63, 3.8) is 0 Å². The van der Waals surface area contributed by atoms with Crippen molar-refractivity contribution in [3.8, 4) is 0 Å². The average molecular weight is 409 g/mol. The Labute approximate surface area is 168 Å². The summed E-state index contributed by atoms with van der Waals surface area (Å²) >= 11 is 0. The van der Waals surface area contributed by atoms with Crippen molar-refractivity contribution in [2.45, 2.75) is 24.9 Å². The number of nitrogens with zero attached hydrogens (tertiary/aromatic N) is 2. The van der Waals surface area contributed by atoms with Crippen molar-refractivity contribution in [1.82, 2.24) is 14.3 Å². The van der Waals surface area contributed by atoms with Gasteiger partial charge in [-0.25, -0.2) is 22.5 Å². The molecule has 3 aromatic carbocycles. The zero-order chi connectivity index (χ0) is 20.4. The maximum atomic E-state index is 13.1.